The minimum Gasteiger partial charge on any atom is -0.391 e. The Morgan fingerprint density at radius 1 is 1.35 bits per heavy atom. The van der Waals surface area contributed by atoms with Crippen LogP contribution in [0.2, 0.25) is 0 Å². The van der Waals surface area contributed by atoms with Gasteiger partial charge in [0.15, 0.2) is 0 Å². The SMILES string of the molecule is CN1C2CCC1CN(S(=O)(=O)c1csc(CO)c1)CC2. The monoisotopic (exact) mass is 316 g/mol. The lowest BCUT2D eigenvalue weighted by atomic mass is 10.1. The van der Waals surface area contributed by atoms with Crippen molar-refractivity contribution in [1.29, 1.82) is 0 Å². The summed E-state index contributed by atoms with van der Waals surface area (Å²) in [4.78, 5) is 3.35. The van der Waals surface area contributed by atoms with E-state index >= 15 is 0 Å². The van der Waals surface area contributed by atoms with E-state index in [1.165, 1.54) is 17.8 Å². The van der Waals surface area contributed by atoms with Gasteiger partial charge in [-0.2, -0.15) is 4.31 Å². The van der Waals surface area contributed by atoms with Gasteiger partial charge < -0.3 is 5.11 Å². The van der Waals surface area contributed by atoms with Crippen LogP contribution in [0.4, 0.5) is 0 Å². The Labute approximate surface area is 123 Å². The van der Waals surface area contributed by atoms with E-state index in [-0.39, 0.29) is 6.61 Å². The van der Waals surface area contributed by atoms with Gasteiger partial charge in [0, 0.05) is 35.4 Å². The number of likely N-dealkylation sites (N-methyl/N-ethyl adjacent to an activating group) is 1. The van der Waals surface area contributed by atoms with Crippen molar-refractivity contribution in [1.82, 2.24) is 9.21 Å². The molecule has 7 heteroatoms. The standard InChI is InChI=1S/C13H20N2O3S2/c1-14-10-2-3-11(14)7-15(5-4-10)20(17,18)13-6-12(8-16)19-9-13/h6,9-11,16H,2-5,7-8H2,1H3. The Balaban J connectivity index is 1.84. The molecule has 2 bridgehead atoms. The Bertz CT molecular complexity index is 584. The molecule has 0 saturated carbocycles. The normalized spacial score (nSPS) is 28.7. The number of hydrogen-bond acceptors (Lipinski definition) is 5. The maximum absolute atomic E-state index is 12.7. The van der Waals surface area contributed by atoms with Crippen molar-refractivity contribution in [3.63, 3.8) is 0 Å². The number of sulfonamides is 1. The summed E-state index contributed by atoms with van der Waals surface area (Å²) in [6, 6.07) is 2.45. The fraction of sp³-hybridized carbons (Fsp3) is 0.692. The van der Waals surface area contributed by atoms with Gasteiger partial charge in [-0.25, -0.2) is 8.42 Å². The average Bonchev–Trinajstić information content (AvgIpc) is 2.95. The second-order valence-corrected chi connectivity index (χ2v) is 8.54. The molecule has 20 heavy (non-hydrogen) atoms. The predicted molar refractivity (Wildman–Crippen MR) is 78.2 cm³/mol. The fourth-order valence-corrected chi connectivity index (χ4v) is 5.84. The molecule has 3 heterocycles. The third-order valence-corrected chi connectivity index (χ3v) is 7.45. The molecule has 0 aliphatic carbocycles. The van der Waals surface area contributed by atoms with E-state index in [1.807, 2.05) is 0 Å². The highest BCUT2D eigenvalue weighted by Gasteiger charge is 2.38. The van der Waals surface area contributed by atoms with Gasteiger partial charge in [-0.05, 0) is 32.4 Å². The highest BCUT2D eigenvalue weighted by molar-refractivity contribution is 7.89. The second-order valence-electron chi connectivity index (χ2n) is 5.61. The highest BCUT2D eigenvalue weighted by atomic mass is 32.2. The fourth-order valence-electron chi connectivity index (χ4n) is 3.22. The van der Waals surface area contributed by atoms with Crippen LogP contribution in [0.25, 0.3) is 0 Å². The number of nitrogens with zero attached hydrogens (tertiary/aromatic N) is 2. The van der Waals surface area contributed by atoms with E-state index in [0.29, 0.717) is 34.9 Å². The van der Waals surface area contributed by atoms with Crippen molar-refractivity contribution in [2.75, 3.05) is 20.1 Å². The smallest absolute Gasteiger partial charge is 0.243 e. The van der Waals surface area contributed by atoms with E-state index in [9.17, 15) is 8.42 Å². The van der Waals surface area contributed by atoms with Crippen LogP contribution in [-0.4, -0.2) is 55.0 Å². The zero-order valence-electron chi connectivity index (χ0n) is 11.5. The molecule has 3 rings (SSSR count). The maximum Gasteiger partial charge on any atom is 0.243 e. The third kappa shape index (κ3) is 2.42. The minimum atomic E-state index is -3.41. The van der Waals surface area contributed by atoms with Gasteiger partial charge >= 0.3 is 0 Å². The van der Waals surface area contributed by atoms with Gasteiger partial charge in [0.2, 0.25) is 10.0 Å². The molecule has 0 amide bonds. The number of fused-ring (bicyclic) bond motifs is 2. The Morgan fingerprint density at radius 3 is 2.80 bits per heavy atom. The summed E-state index contributed by atoms with van der Waals surface area (Å²) in [5.41, 5.74) is 0. The lowest BCUT2D eigenvalue weighted by Gasteiger charge is -2.24. The third-order valence-electron chi connectivity index (χ3n) is 4.53. The molecular formula is C13H20N2O3S2. The summed E-state index contributed by atoms with van der Waals surface area (Å²) in [5.74, 6) is 0. The average molecular weight is 316 g/mol. The Hall–Kier alpha value is -0.470. The van der Waals surface area contributed by atoms with E-state index in [1.54, 1.807) is 15.8 Å². The number of thiophene rings is 1. The molecule has 2 atom stereocenters. The molecule has 1 N–H and O–H groups in total. The summed E-state index contributed by atoms with van der Waals surface area (Å²) < 4.78 is 27.0. The first kappa shape index (κ1) is 14.5. The van der Waals surface area contributed by atoms with Gasteiger partial charge in [-0.3, -0.25) is 4.90 Å². The summed E-state index contributed by atoms with van der Waals surface area (Å²) in [7, 11) is -1.31. The molecule has 1 aromatic heterocycles. The molecular weight excluding hydrogens is 296 g/mol. The Kier molecular flexibility index (Phi) is 3.89. The molecule has 2 aliphatic heterocycles. The van der Waals surface area contributed by atoms with Crippen LogP contribution in [0.15, 0.2) is 16.3 Å². The van der Waals surface area contributed by atoms with Gasteiger partial charge in [0.25, 0.3) is 0 Å². The summed E-state index contributed by atoms with van der Waals surface area (Å²) in [6.45, 7) is 1.07. The van der Waals surface area contributed by atoms with Crippen molar-refractivity contribution in [2.45, 2.75) is 42.8 Å². The Morgan fingerprint density at radius 2 is 2.10 bits per heavy atom. The first-order chi connectivity index (χ1) is 9.52. The number of hydrogen-bond donors (Lipinski definition) is 1. The molecule has 2 unspecified atom stereocenters. The maximum atomic E-state index is 12.7. The number of rotatable bonds is 3. The molecule has 112 valence electrons. The molecule has 5 nitrogen and oxygen atoms in total. The van der Waals surface area contributed by atoms with Crippen molar-refractivity contribution in [3.05, 3.63) is 16.3 Å². The second kappa shape index (κ2) is 5.38. The van der Waals surface area contributed by atoms with Crippen LogP contribution in [-0.2, 0) is 16.6 Å². The zero-order valence-corrected chi connectivity index (χ0v) is 13.2. The molecule has 2 fully saturated rings. The first-order valence-electron chi connectivity index (χ1n) is 6.92. The van der Waals surface area contributed by atoms with Crippen LogP contribution < -0.4 is 0 Å². The topological polar surface area (TPSA) is 60.9 Å². The molecule has 0 aromatic carbocycles. The van der Waals surface area contributed by atoms with E-state index in [4.69, 9.17) is 5.11 Å². The van der Waals surface area contributed by atoms with Crippen LogP contribution in [0.3, 0.4) is 0 Å². The highest BCUT2D eigenvalue weighted by Crippen LogP contribution is 2.31. The minimum absolute atomic E-state index is 0.104. The largest absolute Gasteiger partial charge is 0.391 e. The van der Waals surface area contributed by atoms with Crippen molar-refractivity contribution >= 4 is 21.4 Å². The molecule has 0 spiro atoms. The van der Waals surface area contributed by atoms with E-state index < -0.39 is 10.0 Å². The van der Waals surface area contributed by atoms with Crippen molar-refractivity contribution in [2.24, 2.45) is 0 Å². The summed E-state index contributed by atoms with van der Waals surface area (Å²) in [6.07, 6.45) is 3.17. The first-order valence-corrected chi connectivity index (χ1v) is 9.24. The quantitative estimate of drug-likeness (QED) is 0.907. The van der Waals surface area contributed by atoms with Gasteiger partial charge in [-0.15, -0.1) is 11.3 Å². The zero-order chi connectivity index (χ0) is 14.3. The molecule has 0 radical (unpaired) electrons. The van der Waals surface area contributed by atoms with Gasteiger partial charge in [0.1, 0.15) is 0 Å². The van der Waals surface area contributed by atoms with Crippen LogP contribution in [0, 0.1) is 0 Å². The van der Waals surface area contributed by atoms with Crippen molar-refractivity contribution in [3.8, 4) is 0 Å². The molecule has 2 aliphatic rings. The van der Waals surface area contributed by atoms with E-state index in [2.05, 4.69) is 11.9 Å². The summed E-state index contributed by atoms with van der Waals surface area (Å²) in [5, 5.41) is 10.7. The lowest BCUT2D eigenvalue weighted by Crippen LogP contribution is -2.39. The van der Waals surface area contributed by atoms with E-state index in [0.717, 1.165) is 12.8 Å². The van der Waals surface area contributed by atoms with Crippen LogP contribution >= 0.6 is 11.3 Å². The predicted octanol–water partition coefficient (Wildman–Crippen LogP) is 1.10. The number of aliphatic hydroxyl groups is 1. The van der Waals surface area contributed by atoms with Gasteiger partial charge in [-0.1, -0.05) is 0 Å². The molecule has 1 aromatic rings. The lowest BCUT2D eigenvalue weighted by molar-refractivity contribution is 0.246. The molecule has 2 saturated heterocycles. The van der Waals surface area contributed by atoms with Gasteiger partial charge in [0.05, 0.1) is 11.5 Å². The van der Waals surface area contributed by atoms with Crippen LogP contribution in [0.5, 0.6) is 0 Å². The van der Waals surface area contributed by atoms with Crippen LogP contribution in [0.1, 0.15) is 24.1 Å². The summed E-state index contributed by atoms with van der Waals surface area (Å²) >= 11 is 1.30. The number of aliphatic hydroxyl groups excluding tert-OH is 1. The van der Waals surface area contributed by atoms with Crippen molar-refractivity contribution < 1.29 is 13.5 Å².